The molecule has 0 radical (unpaired) electrons. The minimum absolute atomic E-state index is 0.146. The maximum Gasteiger partial charge on any atom is 0.221 e. The second-order valence-electron chi connectivity index (χ2n) is 8.40. The quantitative estimate of drug-likeness (QED) is 0.634. The number of para-hydroxylation sites is 1. The highest BCUT2D eigenvalue weighted by atomic mass is 35.5. The molecule has 5 rings (SSSR count). The van der Waals surface area contributed by atoms with E-state index in [2.05, 4.69) is 15.1 Å². The van der Waals surface area contributed by atoms with Crippen LogP contribution in [-0.4, -0.2) is 64.6 Å². The molecular formula is C24H26ClN5O2. The molecular weight excluding hydrogens is 426 g/mol. The smallest absolute Gasteiger partial charge is 0.221 e. The standard InChI is InChI=1S/C24H26ClN5O2/c25-16-5-6-18-20(15-16)27-23(19-3-1-2-4-21(19)31)28-24(18)30-11-7-17(8-12-30)29-13-9-22(32)26-10-14-29/h1-6,15,17,31H,7-14H2,(H,26,32). The first kappa shape index (κ1) is 21.0. The number of rotatable bonds is 3. The highest BCUT2D eigenvalue weighted by molar-refractivity contribution is 6.31. The molecule has 0 spiro atoms. The molecule has 7 nitrogen and oxygen atoms in total. The van der Waals surface area contributed by atoms with Crippen molar-refractivity contribution in [2.24, 2.45) is 0 Å². The zero-order valence-corrected chi connectivity index (χ0v) is 18.6. The number of anilines is 1. The summed E-state index contributed by atoms with van der Waals surface area (Å²) in [5.41, 5.74) is 1.37. The Morgan fingerprint density at radius 1 is 1.03 bits per heavy atom. The number of hydrogen-bond donors (Lipinski definition) is 2. The number of phenols is 1. The fourth-order valence-electron chi connectivity index (χ4n) is 4.70. The van der Waals surface area contributed by atoms with E-state index < -0.39 is 0 Å². The Balaban J connectivity index is 1.44. The van der Waals surface area contributed by atoms with Crippen molar-refractivity contribution in [1.82, 2.24) is 20.2 Å². The number of piperidine rings is 1. The Kier molecular flexibility index (Phi) is 5.85. The second-order valence-corrected chi connectivity index (χ2v) is 8.84. The summed E-state index contributed by atoms with van der Waals surface area (Å²) in [6.07, 6.45) is 2.60. The molecule has 0 saturated carbocycles. The van der Waals surface area contributed by atoms with Crippen LogP contribution in [0.25, 0.3) is 22.3 Å². The Labute approximate surface area is 192 Å². The van der Waals surface area contributed by atoms with Crippen molar-refractivity contribution >= 4 is 34.2 Å². The van der Waals surface area contributed by atoms with Gasteiger partial charge in [-0.1, -0.05) is 23.7 Å². The second kappa shape index (κ2) is 8.92. The zero-order valence-electron chi connectivity index (χ0n) is 17.8. The number of nitrogens with zero attached hydrogens (tertiary/aromatic N) is 4. The number of nitrogens with one attached hydrogen (secondary N) is 1. The molecule has 2 aliphatic heterocycles. The summed E-state index contributed by atoms with van der Waals surface area (Å²) < 4.78 is 0. The maximum atomic E-state index is 11.7. The Bertz CT molecular complexity index is 1150. The molecule has 2 fully saturated rings. The summed E-state index contributed by atoms with van der Waals surface area (Å²) in [6.45, 7) is 4.20. The summed E-state index contributed by atoms with van der Waals surface area (Å²) in [5.74, 6) is 1.67. The van der Waals surface area contributed by atoms with Crippen molar-refractivity contribution < 1.29 is 9.90 Å². The van der Waals surface area contributed by atoms with Crippen molar-refractivity contribution in [3.63, 3.8) is 0 Å². The van der Waals surface area contributed by atoms with E-state index in [9.17, 15) is 9.90 Å². The van der Waals surface area contributed by atoms with E-state index in [0.29, 0.717) is 28.9 Å². The average molecular weight is 452 g/mol. The van der Waals surface area contributed by atoms with Gasteiger partial charge in [0.05, 0.1) is 11.1 Å². The molecule has 0 unspecified atom stereocenters. The number of aromatic hydroxyl groups is 1. The van der Waals surface area contributed by atoms with Gasteiger partial charge in [0.25, 0.3) is 0 Å². The molecule has 32 heavy (non-hydrogen) atoms. The number of carbonyl (C=O) groups excluding carboxylic acids is 1. The van der Waals surface area contributed by atoms with Gasteiger partial charge in [-0.15, -0.1) is 0 Å². The van der Waals surface area contributed by atoms with Crippen molar-refractivity contribution in [2.75, 3.05) is 37.6 Å². The summed E-state index contributed by atoms with van der Waals surface area (Å²) in [4.78, 5) is 26.0. The number of aromatic nitrogens is 2. The van der Waals surface area contributed by atoms with Crippen molar-refractivity contribution in [3.05, 3.63) is 47.5 Å². The summed E-state index contributed by atoms with van der Waals surface area (Å²) >= 11 is 6.26. The maximum absolute atomic E-state index is 11.7. The van der Waals surface area contributed by atoms with Gasteiger partial charge in [-0.3, -0.25) is 9.69 Å². The van der Waals surface area contributed by atoms with E-state index in [0.717, 1.165) is 62.3 Å². The lowest BCUT2D eigenvalue weighted by molar-refractivity contribution is -0.120. The molecule has 1 amide bonds. The van der Waals surface area contributed by atoms with Crippen molar-refractivity contribution in [1.29, 1.82) is 0 Å². The summed E-state index contributed by atoms with van der Waals surface area (Å²) in [7, 11) is 0. The molecule has 166 valence electrons. The minimum atomic E-state index is 0.146. The molecule has 8 heteroatoms. The lowest BCUT2D eigenvalue weighted by Crippen LogP contribution is -2.46. The van der Waals surface area contributed by atoms with Crippen LogP contribution in [0.2, 0.25) is 5.02 Å². The summed E-state index contributed by atoms with van der Waals surface area (Å²) in [5, 5.41) is 14.9. The first-order chi connectivity index (χ1) is 15.6. The van der Waals surface area contributed by atoms with Gasteiger partial charge in [-0.05, 0) is 43.2 Å². The third-order valence-corrected chi connectivity index (χ3v) is 6.65. The number of fused-ring (bicyclic) bond motifs is 1. The molecule has 1 aromatic heterocycles. The summed E-state index contributed by atoms with van der Waals surface area (Å²) in [6, 6.07) is 13.3. The number of phenolic OH excluding ortho intramolecular Hbond substituents is 1. The van der Waals surface area contributed by atoms with E-state index >= 15 is 0 Å². The van der Waals surface area contributed by atoms with Gasteiger partial charge in [0, 0.05) is 55.6 Å². The molecule has 2 N–H and O–H groups in total. The van der Waals surface area contributed by atoms with Gasteiger partial charge in [-0.25, -0.2) is 9.97 Å². The molecule has 2 aliphatic rings. The van der Waals surface area contributed by atoms with E-state index in [4.69, 9.17) is 21.6 Å². The van der Waals surface area contributed by atoms with Gasteiger partial charge in [-0.2, -0.15) is 0 Å². The number of halogens is 1. The third-order valence-electron chi connectivity index (χ3n) is 6.41. The number of amides is 1. The number of carbonyl (C=O) groups is 1. The Morgan fingerprint density at radius 3 is 2.66 bits per heavy atom. The van der Waals surface area contributed by atoms with E-state index in [1.807, 2.05) is 30.3 Å². The molecule has 0 aliphatic carbocycles. The van der Waals surface area contributed by atoms with E-state index in [-0.39, 0.29) is 11.7 Å². The van der Waals surface area contributed by atoms with E-state index in [1.54, 1.807) is 12.1 Å². The molecule has 3 aromatic rings. The highest BCUT2D eigenvalue weighted by Crippen LogP contribution is 2.34. The van der Waals surface area contributed by atoms with Crippen LogP contribution in [-0.2, 0) is 4.79 Å². The number of hydrogen-bond acceptors (Lipinski definition) is 6. The van der Waals surface area contributed by atoms with Gasteiger partial charge in [0.2, 0.25) is 5.91 Å². The van der Waals surface area contributed by atoms with Gasteiger partial charge < -0.3 is 15.3 Å². The molecule has 2 saturated heterocycles. The van der Waals surface area contributed by atoms with Crippen LogP contribution >= 0.6 is 11.6 Å². The van der Waals surface area contributed by atoms with Crippen LogP contribution in [0.3, 0.4) is 0 Å². The molecule has 3 heterocycles. The van der Waals surface area contributed by atoms with Crippen molar-refractivity contribution in [2.45, 2.75) is 25.3 Å². The third kappa shape index (κ3) is 4.23. The van der Waals surface area contributed by atoms with Crippen LogP contribution in [0, 0.1) is 0 Å². The van der Waals surface area contributed by atoms with Gasteiger partial charge >= 0.3 is 0 Å². The average Bonchev–Trinajstić information content (AvgIpc) is 3.03. The molecule has 0 bridgehead atoms. The molecule has 2 aromatic carbocycles. The van der Waals surface area contributed by atoms with Gasteiger partial charge in [0.15, 0.2) is 5.82 Å². The normalized spacial score (nSPS) is 18.5. The first-order valence-corrected chi connectivity index (χ1v) is 11.5. The predicted molar refractivity (Wildman–Crippen MR) is 126 cm³/mol. The lowest BCUT2D eigenvalue weighted by atomic mass is 10.0. The number of benzene rings is 2. The van der Waals surface area contributed by atoms with Crippen LogP contribution in [0.1, 0.15) is 19.3 Å². The predicted octanol–water partition coefficient (Wildman–Crippen LogP) is 3.45. The zero-order chi connectivity index (χ0) is 22.1. The Morgan fingerprint density at radius 2 is 1.84 bits per heavy atom. The largest absolute Gasteiger partial charge is 0.507 e. The lowest BCUT2D eigenvalue weighted by Gasteiger charge is -2.38. The van der Waals surface area contributed by atoms with Crippen LogP contribution in [0.5, 0.6) is 5.75 Å². The SMILES string of the molecule is O=C1CCN(C2CCN(c3nc(-c4ccccc4O)nc4cc(Cl)ccc34)CC2)CCN1. The van der Waals surface area contributed by atoms with Gasteiger partial charge in [0.1, 0.15) is 11.6 Å². The van der Waals surface area contributed by atoms with Crippen LogP contribution < -0.4 is 10.2 Å². The Hall–Kier alpha value is -2.90. The topological polar surface area (TPSA) is 81.6 Å². The first-order valence-electron chi connectivity index (χ1n) is 11.1. The fourth-order valence-corrected chi connectivity index (χ4v) is 4.87. The highest BCUT2D eigenvalue weighted by Gasteiger charge is 2.28. The monoisotopic (exact) mass is 451 g/mol. The van der Waals surface area contributed by atoms with Crippen LogP contribution in [0.15, 0.2) is 42.5 Å². The van der Waals surface area contributed by atoms with Crippen molar-refractivity contribution in [3.8, 4) is 17.1 Å². The van der Waals surface area contributed by atoms with E-state index in [1.165, 1.54) is 0 Å². The minimum Gasteiger partial charge on any atom is -0.507 e. The fraction of sp³-hybridized carbons (Fsp3) is 0.375. The molecule has 0 atom stereocenters. The van der Waals surface area contributed by atoms with Crippen LogP contribution in [0.4, 0.5) is 5.82 Å².